The zero-order chi connectivity index (χ0) is 18.4. The maximum atomic E-state index is 12.5. The van der Waals surface area contributed by atoms with Crippen molar-refractivity contribution in [2.45, 2.75) is 39.3 Å². The quantitative estimate of drug-likeness (QED) is 0.744. The molecule has 0 atom stereocenters. The van der Waals surface area contributed by atoms with E-state index in [1.54, 1.807) is 20.8 Å². The van der Waals surface area contributed by atoms with Gasteiger partial charge in [0.25, 0.3) is 5.56 Å². The maximum Gasteiger partial charge on any atom is 0.326 e. The first kappa shape index (κ1) is 19.2. The average Bonchev–Trinajstić information content (AvgIpc) is 2.53. The van der Waals surface area contributed by atoms with Crippen molar-refractivity contribution in [2.75, 3.05) is 11.9 Å². The number of halogens is 1. The number of nitrogens with zero attached hydrogens (tertiary/aromatic N) is 2. The van der Waals surface area contributed by atoms with Gasteiger partial charge in [-0.1, -0.05) is 30.3 Å². The summed E-state index contributed by atoms with van der Waals surface area (Å²) in [7, 11) is 0. The molecule has 6 nitrogen and oxygen atoms in total. The van der Waals surface area contributed by atoms with Crippen LogP contribution in [0.15, 0.2) is 45.9 Å². The van der Waals surface area contributed by atoms with Crippen LogP contribution in [0.2, 0.25) is 0 Å². The molecular formula is C18H22BrN3O3. The highest BCUT2D eigenvalue weighted by Crippen LogP contribution is 2.11. The Balaban J connectivity index is 2.05. The van der Waals surface area contributed by atoms with Crippen molar-refractivity contribution < 1.29 is 9.53 Å². The van der Waals surface area contributed by atoms with Crippen LogP contribution in [0, 0.1) is 0 Å². The van der Waals surface area contributed by atoms with Gasteiger partial charge in [-0.3, -0.25) is 14.2 Å². The highest BCUT2D eigenvalue weighted by Gasteiger charge is 2.19. The molecule has 0 aliphatic carbocycles. The summed E-state index contributed by atoms with van der Waals surface area (Å²) in [5.74, 6) is -0.264. The second-order valence-electron chi connectivity index (χ2n) is 6.57. The van der Waals surface area contributed by atoms with Crippen LogP contribution in [0.25, 0.3) is 0 Å². The van der Waals surface area contributed by atoms with E-state index in [1.165, 1.54) is 16.3 Å². The first-order chi connectivity index (χ1) is 11.8. The second-order valence-corrected chi connectivity index (χ2v) is 7.38. The SMILES string of the molecule is CC(C)(C)OC(=O)Cn1c(Br)cnc(NCCc2ccccc2)c1=O. The molecule has 0 saturated carbocycles. The van der Waals surface area contributed by atoms with E-state index >= 15 is 0 Å². The van der Waals surface area contributed by atoms with Gasteiger partial charge >= 0.3 is 5.97 Å². The highest BCUT2D eigenvalue weighted by atomic mass is 79.9. The van der Waals surface area contributed by atoms with Gasteiger partial charge in [-0.15, -0.1) is 0 Å². The Morgan fingerprint density at radius 2 is 1.96 bits per heavy atom. The van der Waals surface area contributed by atoms with Crippen LogP contribution in [-0.2, 0) is 22.5 Å². The fourth-order valence-electron chi connectivity index (χ4n) is 2.21. The molecule has 0 fully saturated rings. The summed E-state index contributed by atoms with van der Waals surface area (Å²) in [4.78, 5) is 28.6. The predicted octanol–water partition coefficient (Wildman–Crippen LogP) is 3.00. The topological polar surface area (TPSA) is 73.2 Å². The minimum atomic E-state index is -0.600. The lowest BCUT2D eigenvalue weighted by molar-refractivity contribution is -0.155. The first-order valence-corrected chi connectivity index (χ1v) is 8.80. The molecule has 25 heavy (non-hydrogen) atoms. The molecule has 134 valence electrons. The molecule has 0 saturated heterocycles. The molecule has 1 heterocycles. The smallest absolute Gasteiger partial charge is 0.326 e. The molecule has 1 aromatic carbocycles. The van der Waals surface area contributed by atoms with E-state index in [1.807, 2.05) is 30.3 Å². The molecule has 1 aromatic heterocycles. The third-order valence-electron chi connectivity index (χ3n) is 3.26. The summed E-state index contributed by atoms with van der Waals surface area (Å²) in [5.41, 5.74) is 0.200. The number of hydrogen-bond donors (Lipinski definition) is 1. The molecule has 2 rings (SSSR count). The molecule has 0 aliphatic rings. The van der Waals surface area contributed by atoms with Crippen LogP contribution < -0.4 is 10.9 Å². The molecule has 1 N–H and O–H groups in total. The van der Waals surface area contributed by atoms with Crippen LogP contribution in [-0.4, -0.2) is 27.7 Å². The van der Waals surface area contributed by atoms with Crippen LogP contribution >= 0.6 is 15.9 Å². The predicted molar refractivity (Wildman–Crippen MR) is 101 cm³/mol. The number of anilines is 1. The van der Waals surface area contributed by atoms with Crippen molar-refractivity contribution in [3.8, 4) is 0 Å². The summed E-state index contributed by atoms with van der Waals surface area (Å²) in [5, 5.41) is 3.03. The summed E-state index contributed by atoms with van der Waals surface area (Å²) >= 11 is 3.26. The minimum Gasteiger partial charge on any atom is -0.459 e. The van der Waals surface area contributed by atoms with E-state index < -0.39 is 11.6 Å². The first-order valence-electron chi connectivity index (χ1n) is 8.01. The number of aromatic nitrogens is 2. The van der Waals surface area contributed by atoms with E-state index in [9.17, 15) is 9.59 Å². The van der Waals surface area contributed by atoms with Crippen LogP contribution in [0.4, 0.5) is 5.82 Å². The Labute approximate surface area is 155 Å². The van der Waals surface area contributed by atoms with E-state index in [4.69, 9.17) is 4.74 Å². The molecule has 0 radical (unpaired) electrons. The number of esters is 1. The lowest BCUT2D eigenvalue weighted by Gasteiger charge is -2.20. The number of benzene rings is 1. The monoisotopic (exact) mass is 407 g/mol. The van der Waals surface area contributed by atoms with Gasteiger partial charge in [-0.05, 0) is 48.7 Å². The number of rotatable bonds is 6. The fraction of sp³-hybridized carbons (Fsp3) is 0.389. The second kappa shape index (κ2) is 8.29. The molecule has 2 aromatic rings. The van der Waals surface area contributed by atoms with Gasteiger partial charge in [0.2, 0.25) is 0 Å². The minimum absolute atomic E-state index is 0.174. The zero-order valence-electron chi connectivity index (χ0n) is 14.6. The Kier molecular flexibility index (Phi) is 6.36. The Morgan fingerprint density at radius 3 is 2.60 bits per heavy atom. The van der Waals surface area contributed by atoms with Gasteiger partial charge in [0.1, 0.15) is 16.7 Å². The van der Waals surface area contributed by atoms with Crippen molar-refractivity contribution in [2.24, 2.45) is 0 Å². The number of carbonyl (C=O) groups excluding carboxylic acids is 1. The Hall–Kier alpha value is -2.15. The summed E-state index contributed by atoms with van der Waals surface area (Å²) in [6.45, 7) is 5.75. The molecule has 0 unspecified atom stereocenters. The van der Waals surface area contributed by atoms with E-state index in [0.717, 1.165) is 6.42 Å². The van der Waals surface area contributed by atoms with Crippen LogP contribution in [0.3, 0.4) is 0 Å². The van der Waals surface area contributed by atoms with Gasteiger partial charge in [-0.25, -0.2) is 4.98 Å². The molecule has 0 spiro atoms. The third-order valence-corrected chi connectivity index (χ3v) is 3.89. The number of nitrogens with one attached hydrogen (secondary N) is 1. The maximum absolute atomic E-state index is 12.5. The fourth-order valence-corrected chi connectivity index (χ4v) is 2.60. The molecule has 0 amide bonds. The molecule has 0 bridgehead atoms. The van der Waals surface area contributed by atoms with Gasteiger partial charge in [0, 0.05) is 6.54 Å². The largest absolute Gasteiger partial charge is 0.459 e. The normalized spacial score (nSPS) is 11.2. The number of carbonyl (C=O) groups is 1. The average molecular weight is 408 g/mol. The van der Waals surface area contributed by atoms with Gasteiger partial charge in [0.05, 0.1) is 6.20 Å². The third kappa shape index (κ3) is 6.01. The lowest BCUT2D eigenvalue weighted by atomic mass is 10.1. The van der Waals surface area contributed by atoms with E-state index in [-0.39, 0.29) is 17.9 Å². The van der Waals surface area contributed by atoms with E-state index in [0.29, 0.717) is 11.1 Å². The lowest BCUT2D eigenvalue weighted by Crippen LogP contribution is -2.32. The summed E-state index contributed by atoms with van der Waals surface area (Å²) in [6.07, 6.45) is 2.26. The van der Waals surface area contributed by atoms with Crippen LogP contribution in [0.1, 0.15) is 26.3 Å². The summed E-state index contributed by atoms with van der Waals surface area (Å²) < 4.78 is 7.00. The van der Waals surface area contributed by atoms with Crippen molar-refractivity contribution in [1.82, 2.24) is 9.55 Å². The zero-order valence-corrected chi connectivity index (χ0v) is 16.2. The standard InChI is InChI=1S/C18H22BrN3O3/c1-18(2,3)25-15(23)12-22-14(19)11-21-16(17(22)24)20-10-9-13-7-5-4-6-8-13/h4-8,11H,9-10,12H2,1-3H3,(H,20,21). The van der Waals surface area contributed by atoms with Gasteiger partial charge < -0.3 is 10.1 Å². The van der Waals surface area contributed by atoms with E-state index in [2.05, 4.69) is 26.2 Å². The van der Waals surface area contributed by atoms with Gasteiger partial charge in [0.15, 0.2) is 5.82 Å². The number of hydrogen-bond acceptors (Lipinski definition) is 5. The van der Waals surface area contributed by atoms with Crippen molar-refractivity contribution >= 4 is 27.7 Å². The Bertz CT molecular complexity index is 782. The van der Waals surface area contributed by atoms with Crippen molar-refractivity contribution in [3.63, 3.8) is 0 Å². The molecular weight excluding hydrogens is 386 g/mol. The van der Waals surface area contributed by atoms with Crippen molar-refractivity contribution in [3.05, 3.63) is 57.0 Å². The Morgan fingerprint density at radius 1 is 1.28 bits per heavy atom. The van der Waals surface area contributed by atoms with Crippen LogP contribution in [0.5, 0.6) is 0 Å². The summed E-state index contributed by atoms with van der Waals surface area (Å²) in [6, 6.07) is 9.96. The van der Waals surface area contributed by atoms with Gasteiger partial charge in [-0.2, -0.15) is 0 Å². The highest BCUT2D eigenvalue weighted by molar-refractivity contribution is 9.10. The molecule has 7 heteroatoms. The number of ether oxygens (including phenoxy) is 1. The van der Waals surface area contributed by atoms with Crippen molar-refractivity contribution in [1.29, 1.82) is 0 Å². The molecule has 0 aliphatic heterocycles.